The molecule has 1 heterocycles. The molecule has 1 aliphatic heterocycles. The summed E-state index contributed by atoms with van der Waals surface area (Å²) in [5.74, 6) is -1.09. The Morgan fingerprint density at radius 3 is 2.12 bits per heavy atom. The lowest BCUT2D eigenvalue weighted by Crippen LogP contribution is -2.52. The van der Waals surface area contributed by atoms with Crippen molar-refractivity contribution in [3.8, 4) is 0 Å². The molecule has 1 saturated carbocycles. The van der Waals surface area contributed by atoms with Gasteiger partial charge in [0.05, 0.1) is 0 Å². The molecule has 0 aromatic heterocycles. The number of carbonyl (C=O) groups is 2. The Balaban J connectivity index is 2.11. The number of aliphatic carboxylic acids is 1. The normalized spacial score (nSPS) is 26.2. The van der Waals surface area contributed by atoms with Crippen LogP contribution in [0.1, 0.15) is 39.5 Å². The number of carbonyl (C=O) groups excluding carboxylic acids is 1. The molecule has 1 saturated heterocycles. The summed E-state index contributed by atoms with van der Waals surface area (Å²) in [4.78, 5) is 25.2. The Morgan fingerprint density at radius 1 is 1.19 bits per heavy atom. The zero-order valence-electron chi connectivity index (χ0n) is 9.95. The fraction of sp³-hybridized carbons (Fsp3) is 0.833. The molecular formula is C12H19NO3. The standard InChI is InChI=1S/C12H19NO3/c1-11(2)6-7-13(8-11)9(14)12(10(15)16)4-3-5-12/h3-8H2,1-2H3,(H,15,16). The van der Waals surface area contributed by atoms with Gasteiger partial charge in [0.15, 0.2) is 0 Å². The number of nitrogens with zero attached hydrogens (tertiary/aromatic N) is 1. The van der Waals surface area contributed by atoms with E-state index in [9.17, 15) is 14.7 Å². The number of rotatable bonds is 2. The van der Waals surface area contributed by atoms with E-state index in [0.29, 0.717) is 25.9 Å². The maximum Gasteiger partial charge on any atom is 0.319 e. The first-order valence-corrected chi connectivity index (χ1v) is 5.90. The van der Waals surface area contributed by atoms with Crippen LogP contribution in [0.25, 0.3) is 0 Å². The lowest BCUT2D eigenvalue weighted by atomic mass is 9.68. The van der Waals surface area contributed by atoms with Crippen LogP contribution < -0.4 is 0 Å². The topological polar surface area (TPSA) is 57.6 Å². The largest absolute Gasteiger partial charge is 0.480 e. The Hall–Kier alpha value is -1.06. The van der Waals surface area contributed by atoms with E-state index in [1.807, 2.05) is 0 Å². The van der Waals surface area contributed by atoms with Gasteiger partial charge in [-0.3, -0.25) is 9.59 Å². The summed E-state index contributed by atoms with van der Waals surface area (Å²) < 4.78 is 0. The van der Waals surface area contributed by atoms with Crippen LogP contribution in [0.3, 0.4) is 0 Å². The fourth-order valence-electron chi connectivity index (χ4n) is 2.64. The van der Waals surface area contributed by atoms with Crippen molar-refractivity contribution in [2.75, 3.05) is 13.1 Å². The first-order valence-electron chi connectivity index (χ1n) is 5.90. The molecule has 0 radical (unpaired) electrons. The summed E-state index contributed by atoms with van der Waals surface area (Å²) in [6.07, 6.45) is 2.85. The molecule has 90 valence electrons. The van der Waals surface area contributed by atoms with Crippen LogP contribution in [0.15, 0.2) is 0 Å². The molecule has 1 aliphatic carbocycles. The van der Waals surface area contributed by atoms with Crippen molar-refractivity contribution in [3.63, 3.8) is 0 Å². The van der Waals surface area contributed by atoms with E-state index in [0.717, 1.165) is 12.8 Å². The molecule has 1 amide bonds. The van der Waals surface area contributed by atoms with E-state index in [1.54, 1.807) is 4.90 Å². The molecule has 0 atom stereocenters. The molecule has 1 N–H and O–H groups in total. The molecule has 2 aliphatic rings. The number of carboxylic acid groups (broad SMARTS) is 1. The molecule has 0 bridgehead atoms. The van der Waals surface area contributed by atoms with E-state index < -0.39 is 11.4 Å². The van der Waals surface area contributed by atoms with Crippen molar-refractivity contribution in [2.24, 2.45) is 10.8 Å². The second-order valence-corrected chi connectivity index (χ2v) is 5.88. The average Bonchev–Trinajstić information content (AvgIpc) is 2.43. The van der Waals surface area contributed by atoms with E-state index in [-0.39, 0.29) is 11.3 Å². The van der Waals surface area contributed by atoms with Gasteiger partial charge in [0.25, 0.3) is 0 Å². The number of amides is 1. The van der Waals surface area contributed by atoms with E-state index in [4.69, 9.17) is 0 Å². The third kappa shape index (κ3) is 1.60. The quantitative estimate of drug-likeness (QED) is 0.724. The maximum atomic E-state index is 12.2. The minimum atomic E-state index is -1.08. The van der Waals surface area contributed by atoms with Crippen molar-refractivity contribution in [3.05, 3.63) is 0 Å². The summed E-state index contributed by atoms with van der Waals surface area (Å²) in [7, 11) is 0. The fourth-order valence-corrected chi connectivity index (χ4v) is 2.64. The first kappa shape index (κ1) is 11.4. The summed E-state index contributed by atoms with van der Waals surface area (Å²) in [6, 6.07) is 0. The predicted molar refractivity (Wildman–Crippen MR) is 58.9 cm³/mol. The van der Waals surface area contributed by atoms with Crippen molar-refractivity contribution in [1.82, 2.24) is 4.90 Å². The van der Waals surface area contributed by atoms with Gasteiger partial charge >= 0.3 is 5.97 Å². The molecule has 4 nitrogen and oxygen atoms in total. The minimum absolute atomic E-state index is 0.138. The number of hydrogen-bond donors (Lipinski definition) is 1. The van der Waals surface area contributed by atoms with Crippen LogP contribution in [-0.2, 0) is 9.59 Å². The van der Waals surface area contributed by atoms with Gasteiger partial charge in [-0.25, -0.2) is 0 Å². The van der Waals surface area contributed by atoms with Crippen LogP contribution in [-0.4, -0.2) is 35.0 Å². The smallest absolute Gasteiger partial charge is 0.319 e. The summed E-state index contributed by atoms with van der Waals surface area (Å²) in [6.45, 7) is 5.64. The summed E-state index contributed by atoms with van der Waals surface area (Å²) in [5.41, 5.74) is -0.945. The molecule has 2 fully saturated rings. The lowest BCUT2D eigenvalue weighted by molar-refractivity contribution is -0.167. The SMILES string of the molecule is CC1(C)CCN(C(=O)C2(C(=O)O)CCC2)C1. The summed E-state index contributed by atoms with van der Waals surface area (Å²) in [5, 5.41) is 9.20. The van der Waals surface area contributed by atoms with Crippen LogP contribution in [0.2, 0.25) is 0 Å². The molecule has 2 rings (SSSR count). The molecule has 16 heavy (non-hydrogen) atoms. The Labute approximate surface area is 95.6 Å². The Bertz CT molecular complexity index is 331. The van der Waals surface area contributed by atoms with Gasteiger partial charge in [-0.05, 0) is 24.7 Å². The van der Waals surface area contributed by atoms with E-state index >= 15 is 0 Å². The number of carboxylic acids is 1. The number of likely N-dealkylation sites (tertiary alicyclic amines) is 1. The van der Waals surface area contributed by atoms with Crippen molar-refractivity contribution < 1.29 is 14.7 Å². The second-order valence-electron chi connectivity index (χ2n) is 5.88. The van der Waals surface area contributed by atoms with E-state index in [2.05, 4.69) is 13.8 Å². The second kappa shape index (κ2) is 3.47. The average molecular weight is 225 g/mol. The zero-order chi connectivity index (χ0) is 12.0. The van der Waals surface area contributed by atoms with Gasteiger partial charge in [-0.15, -0.1) is 0 Å². The van der Waals surface area contributed by atoms with Crippen LogP contribution in [0, 0.1) is 10.8 Å². The molecule has 4 heteroatoms. The van der Waals surface area contributed by atoms with Gasteiger partial charge < -0.3 is 10.0 Å². The van der Waals surface area contributed by atoms with Crippen LogP contribution in [0.4, 0.5) is 0 Å². The summed E-state index contributed by atoms with van der Waals surface area (Å²) >= 11 is 0. The highest BCUT2D eigenvalue weighted by atomic mass is 16.4. The Kier molecular flexibility index (Phi) is 2.48. The third-order valence-electron chi connectivity index (χ3n) is 3.99. The van der Waals surface area contributed by atoms with Crippen molar-refractivity contribution in [2.45, 2.75) is 39.5 Å². The van der Waals surface area contributed by atoms with Gasteiger partial charge in [0.2, 0.25) is 5.91 Å². The third-order valence-corrected chi connectivity index (χ3v) is 3.99. The highest BCUT2D eigenvalue weighted by molar-refractivity contribution is 6.02. The predicted octanol–water partition coefficient (Wildman–Crippen LogP) is 1.50. The highest BCUT2D eigenvalue weighted by Gasteiger charge is 2.54. The molecule has 0 aromatic carbocycles. The van der Waals surface area contributed by atoms with Gasteiger partial charge in [-0.1, -0.05) is 20.3 Å². The monoisotopic (exact) mass is 225 g/mol. The Morgan fingerprint density at radius 2 is 1.81 bits per heavy atom. The van der Waals surface area contributed by atoms with Gasteiger partial charge in [0, 0.05) is 13.1 Å². The zero-order valence-corrected chi connectivity index (χ0v) is 9.95. The van der Waals surface area contributed by atoms with Crippen molar-refractivity contribution >= 4 is 11.9 Å². The maximum absolute atomic E-state index is 12.2. The number of hydrogen-bond acceptors (Lipinski definition) is 2. The first-order chi connectivity index (χ1) is 7.37. The van der Waals surface area contributed by atoms with Crippen molar-refractivity contribution in [1.29, 1.82) is 0 Å². The van der Waals surface area contributed by atoms with Gasteiger partial charge in [-0.2, -0.15) is 0 Å². The molecular weight excluding hydrogens is 206 g/mol. The van der Waals surface area contributed by atoms with Crippen LogP contribution in [0.5, 0.6) is 0 Å². The van der Waals surface area contributed by atoms with E-state index in [1.165, 1.54) is 0 Å². The molecule has 0 aromatic rings. The minimum Gasteiger partial charge on any atom is -0.480 e. The lowest BCUT2D eigenvalue weighted by Gasteiger charge is -2.39. The molecule has 0 spiro atoms. The highest BCUT2D eigenvalue weighted by Crippen LogP contribution is 2.44. The molecule has 0 unspecified atom stereocenters. The van der Waals surface area contributed by atoms with Gasteiger partial charge in [0.1, 0.15) is 5.41 Å². The van der Waals surface area contributed by atoms with Crippen LogP contribution >= 0.6 is 0 Å².